The van der Waals surface area contributed by atoms with Crippen molar-refractivity contribution < 1.29 is 33.2 Å². The van der Waals surface area contributed by atoms with Gasteiger partial charge in [-0.15, -0.1) is 0 Å². The number of cyclic esters (lactones) is 1. The summed E-state index contributed by atoms with van der Waals surface area (Å²) in [6.45, 7) is 0.405. The lowest BCUT2D eigenvalue weighted by Gasteiger charge is -2.27. The van der Waals surface area contributed by atoms with Crippen LogP contribution in [0.1, 0.15) is 11.1 Å². The Morgan fingerprint density at radius 2 is 1.40 bits per heavy atom. The van der Waals surface area contributed by atoms with Crippen LogP contribution in [0.2, 0.25) is 0 Å². The van der Waals surface area contributed by atoms with Gasteiger partial charge in [-0.1, -0.05) is 0 Å². The molecule has 0 aromatic heterocycles. The molecule has 1 fully saturated rings. The van der Waals surface area contributed by atoms with Gasteiger partial charge in [0.1, 0.15) is 0 Å². The van der Waals surface area contributed by atoms with Crippen LogP contribution in [-0.4, -0.2) is 48.1 Å². The molecule has 4 rings (SSSR count). The molecule has 160 valence electrons. The molecule has 2 aromatic carbocycles. The van der Waals surface area contributed by atoms with Gasteiger partial charge >= 0.3 is 5.97 Å². The molecule has 0 amide bonds. The molecular formula is C23H26O7. The maximum absolute atomic E-state index is 12.5. The van der Waals surface area contributed by atoms with Crippen molar-refractivity contribution in [3.05, 3.63) is 29.3 Å². The molecular weight excluding hydrogens is 388 g/mol. The number of rotatable bonds is 5. The van der Waals surface area contributed by atoms with Crippen LogP contribution < -0.4 is 23.7 Å². The summed E-state index contributed by atoms with van der Waals surface area (Å²) in [4.78, 5) is 12.5. The number of fused-ring (bicyclic) bond motifs is 4. The minimum atomic E-state index is -0.253. The van der Waals surface area contributed by atoms with Gasteiger partial charge in [-0.2, -0.15) is 0 Å². The highest BCUT2D eigenvalue weighted by Crippen LogP contribution is 2.50. The molecule has 7 heteroatoms. The van der Waals surface area contributed by atoms with E-state index in [-0.39, 0.29) is 17.8 Å². The molecule has 1 saturated heterocycles. The Bertz CT molecular complexity index is 982. The largest absolute Gasteiger partial charge is 0.493 e. The summed E-state index contributed by atoms with van der Waals surface area (Å²) in [5.41, 5.74) is 3.84. The fraction of sp³-hybridized carbons (Fsp3) is 0.435. The van der Waals surface area contributed by atoms with Crippen LogP contribution in [0.5, 0.6) is 28.7 Å². The van der Waals surface area contributed by atoms with E-state index in [0.717, 1.165) is 22.3 Å². The average molecular weight is 414 g/mol. The number of hydrogen-bond donors (Lipinski definition) is 0. The number of carbonyl (C=O) groups excluding carboxylic acids is 1. The van der Waals surface area contributed by atoms with Crippen molar-refractivity contribution in [1.82, 2.24) is 0 Å². The fourth-order valence-corrected chi connectivity index (χ4v) is 4.56. The normalized spacial score (nSPS) is 19.4. The van der Waals surface area contributed by atoms with Gasteiger partial charge in [-0.3, -0.25) is 4.79 Å². The highest BCUT2D eigenvalue weighted by molar-refractivity contribution is 5.83. The molecule has 30 heavy (non-hydrogen) atoms. The third-order valence-corrected chi connectivity index (χ3v) is 6.05. The maximum atomic E-state index is 12.5. The SMILES string of the molecule is COc1cc2c(cc1OC)-c1cc(OC)c(OC)c(OC)c1CC1C(=O)OC[C@@H]1C2. The van der Waals surface area contributed by atoms with Crippen molar-refractivity contribution in [3.8, 4) is 39.9 Å². The van der Waals surface area contributed by atoms with Crippen LogP contribution in [0.25, 0.3) is 11.1 Å². The van der Waals surface area contributed by atoms with E-state index in [9.17, 15) is 4.79 Å². The number of esters is 1. The fourth-order valence-electron chi connectivity index (χ4n) is 4.56. The summed E-state index contributed by atoms with van der Waals surface area (Å²) in [7, 11) is 7.98. The van der Waals surface area contributed by atoms with Crippen molar-refractivity contribution in [3.63, 3.8) is 0 Å². The summed E-state index contributed by atoms with van der Waals surface area (Å²) in [6, 6.07) is 5.88. The highest BCUT2D eigenvalue weighted by Gasteiger charge is 2.41. The van der Waals surface area contributed by atoms with Gasteiger partial charge in [0.15, 0.2) is 23.0 Å². The third kappa shape index (κ3) is 3.09. The zero-order valence-corrected chi connectivity index (χ0v) is 17.9. The molecule has 0 spiro atoms. The number of benzene rings is 2. The van der Waals surface area contributed by atoms with Gasteiger partial charge in [-0.25, -0.2) is 0 Å². The van der Waals surface area contributed by atoms with Crippen LogP contribution in [0.4, 0.5) is 0 Å². The summed E-state index contributed by atoms with van der Waals surface area (Å²) in [5, 5.41) is 0. The minimum Gasteiger partial charge on any atom is -0.493 e. The van der Waals surface area contributed by atoms with Gasteiger partial charge in [0.25, 0.3) is 0 Å². The van der Waals surface area contributed by atoms with E-state index in [1.165, 1.54) is 0 Å². The van der Waals surface area contributed by atoms with E-state index >= 15 is 0 Å². The molecule has 2 atom stereocenters. The third-order valence-electron chi connectivity index (χ3n) is 6.05. The molecule has 1 heterocycles. The molecule has 7 nitrogen and oxygen atoms in total. The van der Waals surface area contributed by atoms with Gasteiger partial charge < -0.3 is 28.4 Å². The second-order valence-electron chi connectivity index (χ2n) is 7.44. The van der Waals surface area contributed by atoms with E-state index in [1.807, 2.05) is 18.2 Å². The van der Waals surface area contributed by atoms with Gasteiger partial charge in [-0.05, 0) is 47.7 Å². The van der Waals surface area contributed by atoms with Crippen molar-refractivity contribution in [2.75, 3.05) is 42.2 Å². The van der Waals surface area contributed by atoms with Crippen molar-refractivity contribution >= 4 is 5.97 Å². The van der Waals surface area contributed by atoms with Crippen LogP contribution in [-0.2, 0) is 22.4 Å². The molecule has 0 bridgehead atoms. The molecule has 0 saturated carbocycles. The van der Waals surface area contributed by atoms with E-state index in [2.05, 4.69) is 0 Å². The lowest BCUT2D eigenvalue weighted by atomic mass is 9.77. The summed E-state index contributed by atoms with van der Waals surface area (Å²) < 4.78 is 33.5. The Hall–Kier alpha value is -3.09. The van der Waals surface area contributed by atoms with Crippen molar-refractivity contribution in [2.45, 2.75) is 12.8 Å². The first kappa shape index (κ1) is 20.2. The number of ether oxygens (including phenoxy) is 6. The van der Waals surface area contributed by atoms with E-state index in [4.69, 9.17) is 28.4 Å². The van der Waals surface area contributed by atoms with Gasteiger partial charge in [0.05, 0.1) is 48.1 Å². The second kappa shape index (κ2) is 7.97. The summed E-state index contributed by atoms with van der Waals surface area (Å²) in [5.74, 6) is 2.54. The quantitative estimate of drug-likeness (QED) is 0.695. The molecule has 0 N–H and O–H groups in total. The first-order valence-corrected chi connectivity index (χ1v) is 9.79. The van der Waals surface area contributed by atoms with Crippen LogP contribution >= 0.6 is 0 Å². The molecule has 1 aliphatic carbocycles. The maximum Gasteiger partial charge on any atom is 0.309 e. The zero-order chi connectivity index (χ0) is 21.4. The Labute approximate surface area is 175 Å². The monoisotopic (exact) mass is 414 g/mol. The smallest absolute Gasteiger partial charge is 0.309 e. The Kier molecular flexibility index (Phi) is 5.37. The van der Waals surface area contributed by atoms with Crippen molar-refractivity contribution in [2.24, 2.45) is 11.8 Å². The van der Waals surface area contributed by atoms with E-state index < -0.39 is 0 Å². The predicted molar refractivity (Wildman–Crippen MR) is 110 cm³/mol. The minimum absolute atomic E-state index is 0.0697. The standard InChI is InChI=1S/C23H26O7/c1-25-18-7-12-6-13-11-30-23(24)15(13)8-17-16(14(12)9-19(18)26-2)10-20(27-3)22(29-5)21(17)28-4/h7,9-10,13,15H,6,8,11H2,1-5H3/t13-,15?/m0/s1. The number of carbonyl (C=O) groups is 1. The topological polar surface area (TPSA) is 72.5 Å². The van der Waals surface area contributed by atoms with Crippen molar-refractivity contribution in [1.29, 1.82) is 0 Å². The van der Waals surface area contributed by atoms with Gasteiger partial charge in [0.2, 0.25) is 5.75 Å². The Morgan fingerprint density at radius 3 is 2.03 bits per heavy atom. The zero-order valence-electron chi connectivity index (χ0n) is 17.9. The van der Waals surface area contributed by atoms with E-state index in [0.29, 0.717) is 48.2 Å². The van der Waals surface area contributed by atoms with Crippen LogP contribution in [0.3, 0.4) is 0 Å². The average Bonchev–Trinajstić information content (AvgIpc) is 3.10. The van der Waals surface area contributed by atoms with Crippen LogP contribution in [0.15, 0.2) is 18.2 Å². The molecule has 1 unspecified atom stereocenters. The first-order chi connectivity index (χ1) is 14.6. The number of methoxy groups -OCH3 is 5. The summed E-state index contributed by atoms with van der Waals surface area (Å²) >= 11 is 0. The predicted octanol–water partition coefficient (Wildman–Crippen LogP) is 3.28. The second-order valence-corrected chi connectivity index (χ2v) is 7.44. The lowest BCUT2D eigenvalue weighted by molar-refractivity contribution is -0.141. The molecule has 2 aliphatic rings. The van der Waals surface area contributed by atoms with Crippen LogP contribution in [0, 0.1) is 11.8 Å². The molecule has 0 radical (unpaired) electrons. The lowest BCUT2D eigenvalue weighted by Crippen LogP contribution is -2.23. The first-order valence-electron chi connectivity index (χ1n) is 9.79. The van der Waals surface area contributed by atoms with E-state index in [1.54, 1.807) is 35.5 Å². The highest BCUT2D eigenvalue weighted by atomic mass is 16.5. The molecule has 1 aliphatic heterocycles. The Morgan fingerprint density at radius 1 is 0.767 bits per heavy atom. The summed E-state index contributed by atoms with van der Waals surface area (Å²) in [6.07, 6.45) is 1.19. The molecule has 2 aromatic rings. The van der Waals surface area contributed by atoms with Gasteiger partial charge in [0, 0.05) is 11.5 Å². The Balaban J connectivity index is 2.05. The number of hydrogen-bond acceptors (Lipinski definition) is 7.